The molecule has 3 aromatic rings. The van der Waals surface area contributed by atoms with Gasteiger partial charge in [0, 0.05) is 0 Å². The zero-order chi connectivity index (χ0) is 21.4. The molecule has 1 aliphatic rings. The highest BCUT2D eigenvalue weighted by molar-refractivity contribution is 6.32. The van der Waals surface area contributed by atoms with Crippen LogP contribution in [0, 0.1) is 6.92 Å². The first-order valence-electron chi connectivity index (χ1n) is 9.19. The van der Waals surface area contributed by atoms with Crippen LogP contribution in [0.15, 0.2) is 74.9 Å². The fourth-order valence-corrected chi connectivity index (χ4v) is 3.28. The van der Waals surface area contributed by atoms with E-state index < -0.39 is 23.0 Å². The second-order valence-corrected chi connectivity index (χ2v) is 6.81. The van der Waals surface area contributed by atoms with Crippen molar-refractivity contribution in [3.63, 3.8) is 0 Å². The van der Waals surface area contributed by atoms with Gasteiger partial charge < -0.3 is 5.11 Å². The molecule has 0 unspecified atom stereocenters. The molecule has 4 rings (SSSR count). The van der Waals surface area contributed by atoms with Crippen LogP contribution >= 0.6 is 0 Å². The van der Waals surface area contributed by atoms with Gasteiger partial charge in [0.25, 0.3) is 11.5 Å². The van der Waals surface area contributed by atoms with Gasteiger partial charge in [0.05, 0.1) is 22.7 Å². The molecule has 0 saturated heterocycles. The fourth-order valence-electron chi connectivity index (χ4n) is 3.28. The van der Waals surface area contributed by atoms with Crippen LogP contribution in [0.5, 0.6) is 5.88 Å². The molecule has 1 aliphatic heterocycles. The molecule has 0 saturated carbocycles. The van der Waals surface area contributed by atoms with E-state index >= 15 is 0 Å². The number of nitrogens with one attached hydrogen (secondary N) is 1. The summed E-state index contributed by atoms with van der Waals surface area (Å²) in [6.07, 6.45) is 1.26. The zero-order valence-electron chi connectivity index (χ0n) is 16.3. The summed E-state index contributed by atoms with van der Waals surface area (Å²) >= 11 is 0. The molecule has 30 heavy (non-hydrogen) atoms. The number of rotatable bonds is 3. The molecule has 1 aromatic heterocycles. The Hall–Kier alpha value is -4.20. The Kier molecular flexibility index (Phi) is 4.67. The summed E-state index contributed by atoms with van der Waals surface area (Å²) in [6, 6.07) is 15.8. The standard InChI is InChI=1S/C22H18N4O4/c1-13-8-6-7-11-18(13)25-20(28)17(19(27)23-22(25)30)12-16-14(2)24-26(21(16)29)15-9-4-3-5-10-15/h3-12,28H,1-2H3,(H,23,27,30)/b16-12+. The number of aryl methyl sites for hydroxylation is 1. The molecule has 2 aromatic carbocycles. The van der Waals surface area contributed by atoms with Crippen LogP contribution in [-0.4, -0.2) is 26.3 Å². The number of nitrogens with zero attached hydrogens (tertiary/aromatic N) is 3. The molecule has 150 valence electrons. The monoisotopic (exact) mass is 402 g/mol. The number of aromatic hydroxyl groups is 1. The van der Waals surface area contributed by atoms with Crippen LogP contribution in [0.3, 0.4) is 0 Å². The minimum absolute atomic E-state index is 0.148. The van der Waals surface area contributed by atoms with Crippen LogP contribution in [-0.2, 0) is 4.79 Å². The molecular formula is C22H18N4O4. The Morgan fingerprint density at radius 3 is 2.33 bits per heavy atom. The lowest BCUT2D eigenvalue weighted by Gasteiger charge is -2.13. The molecular weight excluding hydrogens is 384 g/mol. The average Bonchev–Trinajstić information content (AvgIpc) is 3.01. The van der Waals surface area contributed by atoms with Crippen LogP contribution < -0.4 is 16.3 Å². The number of aromatic amines is 1. The van der Waals surface area contributed by atoms with E-state index in [1.807, 2.05) is 6.07 Å². The maximum atomic E-state index is 12.9. The van der Waals surface area contributed by atoms with Gasteiger partial charge in [0.15, 0.2) is 0 Å². The van der Waals surface area contributed by atoms with E-state index in [4.69, 9.17) is 0 Å². The number of H-pyrrole nitrogens is 1. The predicted molar refractivity (Wildman–Crippen MR) is 114 cm³/mol. The smallest absolute Gasteiger partial charge is 0.335 e. The molecule has 8 nitrogen and oxygen atoms in total. The summed E-state index contributed by atoms with van der Waals surface area (Å²) in [6.45, 7) is 3.41. The molecule has 0 spiro atoms. The van der Waals surface area contributed by atoms with E-state index in [1.54, 1.807) is 62.4 Å². The third kappa shape index (κ3) is 3.14. The summed E-state index contributed by atoms with van der Waals surface area (Å²) in [7, 11) is 0. The lowest BCUT2D eigenvalue weighted by molar-refractivity contribution is -0.114. The predicted octanol–water partition coefficient (Wildman–Crippen LogP) is 2.35. The number of para-hydroxylation sites is 2. The van der Waals surface area contributed by atoms with E-state index in [0.29, 0.717) is 17.1 Å². The number of hydrogen-bond acceptors (Lipinski definition) is 5. The first-order chi connectivity index (χ1) is 14.4. The summed E-state index contributed by atoms with van der Waals surface area (Å²) in [4.78, 5) is 39.9. The summed E-state index contributed by atoms with van der Waals surface area (Å²) < 4.78 is 1.00. The van der Waals surface area contributed by atoms with Crippen molar-refractivity contribution < 1.29 is 9.90 Å². The van der Waals surface area contributed by atoms with E-state index in [1.165, 1.54) is 11.1 Å². The van der Waals surface area contributed by atoms with Crippen molar-refractivity contribution in [1.29, 1.82) is 0 Å². The quantitative estimate of drug-likeness (QED) is 0.656. The van der Waals surface area contributed by atoms with Crippen molar-refractivity contribution >= 4 is 23.4 Å². The Morgan fingerprint density at radius 2 is 1.63 bits per heavy atom. The molecule has 2 N–H and O–H groups in total. The fraction of sp³-hybridized carbons (Fsp3) is 0.0909. The number of amides is 1. The second kappa shape index (κ2) is 7.32. The third-order valence-corrected chi connectivity index (χ3v) is 4.83. The van der Waals surface area contributed by atoms with Gasteiger partial charge in [-0.2, -0.15) is 10.1 Å². The van der Waals surface area contributed by atoms with Gasteiger partial charge in [-0.05, 0) is 43.7 Å². The van der Waals surface area contributed by atoms with E-state index in [-0.39, 0.29) is 11.1 Å². The molecule has 1 amide bonds. The number of carbonyl (C=O) groups excluding carboxylic acids is 1. The van der Waals surface area contributed by atoms with Gasteiger partial charge >= 0.3 is 5.69 Å². The van der Waals surface area contributed by atoms with Crippen LogP contribution in [0.25, 0.3) is 11.8 Å². The maximum Gasteiger partial charge on any atom is 0.335 e. The molecule has 0 aliphatic carbocycles. The SMILES string of the molecule is CC1=NN(c2ccccc2)C(=O)/C1=C/c1c(O)n(-c2ccccc2C)c(=O)[nH]c1=O. The highest BCUT2D eigenvalue weighted by Gasteiger charge is 2.29. The zero-order valence-corrected chi connectivity index (χ0v) is 16.3. The second-order valence-electron chi connectivity index (χ2n) is 6.81. The van der Waals surface area contributed by atoms with Crippen molar-refractivity contribution in [2.45, 2.75) is 13.8 Å². The summed E-state index contributed by atoms with van der Waals surface area (Å²) in [5.74, 6) is -0.990. The number of benzene rings is 2. The van der Waals surface area contributed by atoms with E-state index in [2.05, 4.69) is 10.1 Å². The Bertz CT molecular complexity index is 1330. The number of aromatic nitrogens is 2. The molecule has 0 fully saturated rings. The lowest BCUT2D eigenvalue weighted by atomic mass is 10.1. The number of anilines is 1. The van der Waals surface area contributed by atoms with Crippen LogP contribution in [0.4, 0.5) is 5.69 Å². The van der Waals surface area contributed by atoms with Gasteiger partial charge in [-0.25, -0.2) is 9.36 Å². The first kappa shape index (κ1) is 19.1. The largest absolute Gasteiger partial charge is 0.494 e. The molecule has 0 atom stereocenters. The van der Waals surface area contributed by atoms with E-state index in [0.717, 1.165) is 10.1 Å². The molecule has 0 bridgehead atoms. The minimum Gasteiger partial charge on any atom is -0.494 e. The van der Waals surface area contributed by atoms with Crippen molar-refractivity contribution in [2.75, 3.05) is 5.01 Å². The molecule has 2 heterocycles. The van der Waals surface area contributed by atoms with Crippen molar-refractivity contribution in [1.82, 2.24) is 9.55 Å². The highest BCUT2D eigenvalue weighted by Crippen LogP contribution is 2.26. The van der Waals surface area contributed by atoms with Crippen molar-refractivity contribution in [3.8, 4) is 11.6 Å². The minimum atomic E-state index is -0.798. The summed E-state index contributed by atoms with van der Waals surface area (Å²) in [5, 5.41) is 16.3. The van der Waals surface area contributed by atoms with Crippen molar-refractivity contribution in [3.05, 3.63) is 92.1 Å². The first-order valence-corrected chi connectivity index (χ1v) is 9.19. The van der Waals surface area contributed by atoms with Crippen LogP contribution in [0.1, 0.15) is 18.1 Å². The summed E-state index contributed by atoms with van der Waals surface area (Å²) in [5.41, 5.74) is 0.483. The van der Waals surface area contributed by atoms with Gasteiger partial charge in [-0.3, -0.25) is 14.6 Å². The Labute approximate surface area is 171 Å². The van der Waals surface area contributed by atoms with Gasteiger partial charge in [0.2, 0.25) is 5.88 Å². The highest BCUT2D eigenvalue weighted by atomic mass is 16.3. The Balaban J connectivity index is 1.85. The maximum absolute atomic E-state index is 12.9. The topological polar surface area (TPSA) is 108 Å². The number of hydrazone groups is 1. The van der Waals surface area contributed by atoms with Gasteiger partial charge in [0.1, 0.15) is 5.56 Å². The van der Waals surface area contributed by atoms with Gasteiger partial charge in [-0.1, -0.05) is 36.4 Å². The molecule has 0 radical (unpaired) electrons. The average molecular weight is 402 g/mol. The third-order valence-electron chi connectivity index (χ3n) is 4.83. The Morgan fingerprint density at radius 1 is 0.967 bits per heavy atom. The van der Waals surface area contributed by atoms with Gasteiger partial charge in [-0.15, -0.1) is 0 Å². The molecule has 8 heteroatoms. The van der Waals surface area contributed by atoms with E-state index in [9.17, 15) is 19.5 Å². The lowest BCUT2D eigenvalue weighted by Crippen LogP contribution is -2.31. The normalized spacial score (nSPS) is 15.0. The number of hydrogen-bond donors (Lipinski definition) is 2. The van der Waals surface area contributed by atoms with Crippen molar-refractivity contribution in [2.24, 2.45) is 5.10 Å². The van der Waals surface area contributed by atoms with Crippen LogP contribution in [0.2, 0.25) is 0 Å². The number of carbonyl (C=O) groups is 1.